The molecular formula is C21H25FN4O4. The van der Waals surface area contributed by atoms with E-state index in [1.165, 1.54) is 13.1 Å². The molecule has 1 unspecified atom stereocenters. The van der Waals surface area contributed by atoms with Crippen LogP contribution in [0, 0.1) is 5.82 Å². The van der Waals surface area contributed by atoms with E-state index in [4.69, 9.17) is 4.74 Å². The maximum Gasteiger partial charge on any atom is 0.343 e. The van der Waals surface area contributed by atoms with Crippen LogP contribution in [0.15, 0.2) is 17.1 Å². The van der Waals surface area contributed by atoms with Crippen LogP contribution in [0.25, 0.3) is 11.0 Å². The molecule has 8 nitrogen and oxygen atoms in total. The van der Waals surface area contributed by atoms with Crippen molar-refractivity contribution in [1.82, 2.24) is 14.9 Å². The van der Waals surface area contributed by atoms with Crippen molar-refractivity contribution in [3.8, 4) is 0 Å². The van der Waals surface area contributed by atoms with Gasteiger partial charge in [0, 0.05) is 31.9 Å². The first-order valence-corrected chi connectivity index (χ1v) is 10.3. The number of hydrogen-bond donors (Lipinski definition) is 1. The third-order valence-corrected chi connectivity index (χ3v) is 5.47. The first-order chi connectivity index (χ1) is 14.4. The lowest BCUT2D eigenvalue weighted by Gasteiger charge is -2.20. The van der Waals surface area contributed by atoms with E-state index in [9.17, 15) is 18.8 Å². The van der Waals surface area contributed by atoms with Crippen molar-refractivity contribution in [2.75, 3.05) is 24.5 Å². The molecule has 0 radical (unpaired) electrons. The molecule has 1 saturated carbocycles. The van der Waals surface area contributed by atoms with Crippen molar-refractivity contribution in [3.05, 3.63) is 33.9 Å². The Morgan fingerprint density at radius 2 is 2.10 bits per heavy atom. The summed E-state index contributed by atoms with van der Waals surface area (Å²) in [6.45, 7) is 5.23. The fraction of sp³-hybridized carbons (Fsp3) is 0.524. The summed E-state index contributed by atoms with van der Waals surface area (Å²) in [6.07, 6.45) is 3.70. The Bertz CT molecular complexity index is 1060. The summed E-state index contributed by atoms with van der Waals surface area (Å²) in [7, 11) is 0. The topological polar surface area (TPSA) is 93.5 Å². The summed E-state index contributed by atoms with van der Waals surface area (Å²) in [4.78, 5) is 42.6. The molecule has 160 valence electrons. The number of rotatable bonds is 7. The monoisotopic (exact) mass is 416 g/mol. The maximum atomic E-state index is 14.9. The predicted molar refractivity (Wildman–Crippen MR) is 109 cm³/mol. The number of anilines is 1. The zero-order valence-electron chi connectivity index (χ0n) is 17.1. The van der Waals surface area contributed by atoms with Crippen molar-refractivity contribution in [2.24, 2.45) is 0 Å². The standard InChI is InChI=1S/C21H25FN4O4/c1-3-25-11-16(21(29)30-14-4-5-14)18(28)15-8-17(22)20(24-19(15)25)26-7-6-13(10-26)23-9-12(2)27/h8,11,13-14,23H,3-7,9-10H2,1-2H3. The summed E-state index contributed by atoms with van der Waals surface area (Å²) in [5.41, 5.74) is -0.331. The molecule has 30 heavy (non-hydrogen) atoms. The number of Topliss-reactive ketones (excluding diaryl/α,β-unsaturated/α-hetero) is 1. The van der Waals surface area contributed by atoms with E-state index >= 15 is 0 Å². The molecule has 2 fully saturated rings. The Morgan fingerprint density at radius 3 is 2.77 bits per heavy atom. The third kappa shape index (κ3) is 4.07. The second kappa shape index (κ2) is 8.14. The quantitative estimate of drug-likeness (QED) is 0.686. The Balaban J connectivity index is 1.67. The largest absolute Gasteiger partial charge is 0.459 e. The average Bonchev–Trinajstić information content (AvgIpc) is 3.40. The Morgan fingerprint density at radius 1 is 1.33 bits per heavy atom. The highest BCUT2D eigenvalue weighted by Crippen LogP contribution is 2.26. The number of fused-ring (bicyclic) bond motifs is 1. The lowest BCUT2D eigenvalue weighted by Crippen LogP contribution is -2.35. The number of carbonyl (C=O) groups is 2. The van der Waals surface area contributed by atoms with Gasteiger partial charge in [0.2, 0.25) is 5.43 Å². The fourth-order valence-corrected chi connectivity index (χ4v) is 3.69. The Kier molecular flexibility index (Phi) is 5.55. The van der Waals surface area contributed by atoms with Gasteiger partial charge >= 0.3 is 5.97 Å². The highest BCUT2D eigenvalue weighted by atomic mass is 19.1. The number of carbonyl (C=O) groups excluding carboxylic acids is 2. The Hall–Kier alpha value is -2.81. The number of nitrogens with one attached hydrogen (secondary N) is 1. The minimum atomic E-state index is -0.671. The van der Waals surface area contributed by atoms with Gasteiger partial charge in [-0.25, -0.2) is 14.2 Å². The van der Waals surface area contributed by atoms with E-state index in [0.29, 0.717) is 25.3 Å². The van der Waals surface area contributed by atoms with Crippen molar-refractivity contribution < 1.29 is 18.7 Å². The van der Waals surface area contributed by atoms with Gasteiger partial charge in [-0.2, -0.15) is 0 Å². The van der Waals surface area contributed by atoms with Crippen LogP contribution in [0.2, 0.25) is 0 Å². The molecule has 2 aromatic heterocycles. The van der Waals surface area contributed by atoms with Crippen molar-refractivity contribution in [1.29, 1.82) is 0 Å². The second-order valence-electron chi connectivity index (χ2n) is 7.94. The summed E-state index contributed by atoms with van der Waals surface area (Å²) in [5, 5.41) is 3.23. The molecule has 2 aromatic rings. The second-order valence-corrected chi connectivity index (χ2v) is 7.94. The van der Waals surface area contributed by atoms with Gasteiger partial charge in [-0.1, -0.05) is 0 Å². The van der Waals surface area contributed by atoms with Gasteiger partial charge in [0.05, 0.1) is 11.9 Å². The summed E-state index contributed by atoms with van der Waals surface area (Å²) in [6, 6.07) is 1.23. The molecule has 0 spiro atoms. The number of hydrogen-bond acceptors (Lipinski definition) is 7. The molecule has 2 aliphatic rings. The van der Waals surface area contributed by atoms with Crippen LogP contribution in [-0.4, -0.2) is 53.1 Å². The number of aryl methyl sites for hydroxylation is 1. The van der Waals surface area contributed by atoms with Gasteiger partial charge in [-0.05, 0) is 39.2 Å². The van der Waals surface area contributed by atoms with Crippen LogP contribution in [0.4, 0.5) is 10.2 Å². The van der Waals surface area contributed by atoms with Gasteiger partial charge in [-0.3, -0.25) is 9.59 Å². The first-order valence-electron chi connectivity index (χ1n) is 10.3. The molecule has 1 atom stereocenters. The number of aromatic nitrogens is 2. The van der Waals surface area contributed by atoms with Crippen LogP contribution in [-0.2, 0) is 16.1 Å². The smallest absolute Gasteiger partial charge is 0.343 e. The van der Waals surface area contributed by atoms with Gasteiger partial charge in [0.25, 0.3) is 0 Å². The van der Waals surface area contributed by atoms with Crippen LogP contribution in [0.1, 0.15) is 43.5 Å². The molecule has 4 rings (SSSR count). The van der Waals surface area contributed by atoms with E-state index in [1.807, 2.05) is 11.8 Å². The average molecular weight is 416 g/mol. The lowest BCUT2D eigenvalue weighted by molar-refractivity contribution is -0.116. The van der Waals surface area contributed by atoms with Crippen molar-refractivity contribution in [3.63, 3.8) is 0 Å². The van der Waals surface area contributed by atoms with E-state index in [1.54, 1.807) is 4.57 Å². The van der Waals surface area contributed by atoms with Gasteiger partial charge < -0.3 is 19.5 Å². The number of esters is 1. The molecule has 0 aromatic carbocycles. The minimum absolute atomic E-state index is 0.0476. The van der Waals surface area contributed by atoms with E-state index in [0.717, 1.165) is 25.3 Å². The van der Waals surface area contributed by atoms with Crippen LogP contribution < -0.4 is 15.6 Å². The molecule has 0 amide bonds. The minimum Gasteiger partial charge on any atom is -0.459 e. The zero-order valence-corrected chi connectivity index (χ0v) is 17.1. The normalized spacial score (nSPS) is 18.8. The number of pyridine rings is 2. The van der Waals surface area contributed by atoms with Crippen molar-refractivity contribution in [2.45, 2.75) is 51.8 Å². The molecule has 1 saturated heterocycles. The van der Waals surface area contributed by atoms with Gasteiger partial charge in [-0.15, -0.1) is 0 Å². The SMILES string of the molecule is CCn1cc(C(=O)OC2CC2)c(=O)c2cc(F)c(N3CCC(NCC(C)=O)C3)nc21. The third-order valence-electron chi connectivity index (χ3n) is 5.47. The van der Waals surface area contributed by atoms with Crippen LogP contribution in [0.5, 0.6) is 0 Å². The van der Waals surface area contributed by atoms with E-state index in [2.05, 4.69) is 10.3 Å². The molecule has 1 aliphatic heterocycles. The highest BCUT2D eigenvalue weighted by molar-refractivity contribution is 5.93. The fourth-order valence-electron chi connectivity index (χ4n) is 3.69. The summed E-state index contributed by atoms with van der Waals surface area (Å²) in [5.74, 6) is -1.06. The molecule has 1 aliphatic carbocycles. The van der Waals surface area contributed by atoms with Gasteiger partial charge in [0.15, 0.2) is 11.6 Å². The number of nitrogens with zero attached hydrogens (tertiary/aromatic N) is 3. The van der Waals surface area contributed by atoms with Crippen LogP contribution >= 0.6 is 0 Å². The molecule has 0 bridgehead atoms. The van der Waals surface area contributed by atoms with Gasteiger partial charge in [0.1, 0.15) is 23.1 Å². The van der Waals surface area contributed by atoms with Crippen LogP contribution in [0.3, 0.4) is 0 Å². The molecular weight excluding hydrogens is 391 g/mol. The number of ether oxygens (including phenoxy) is 1. The summed E-state index contributed by atoms with van der Waals surface area (Å²) < 4.78 is 21.9. The highest BCUT2D eigenvalue weighted by Gasteiger charge is 2.30. The first kappa shape index (κ1) is 20.5. The summed E-state index contributed by atoms with van der Waals surface area (Å²) >= 11 is 0. The van der Waals surface area contributed by atoms with Crippen molar-refractivity contribution >= 4 is 28.6 Å². The van der Waals surface area contributed by atoms with E-state index in [-0.39, 0.29) is 41.2 Å². The molecule has 1 N–H and O–H groups in total. The number of halogens is 1. The number of ketones is 1. The molecule has 9 heteroatoms. The Labute approximate surface area is 173 Å². The molecule has 3 heterocycles. The van der Waals surface area contributed by atoms with E-state index < -0.39 is 17.2 Å². The zero-order chi connectivity index (χ0) is 21.4. The lowest BCUT2D eigenvalue weighted by atomic mass is 10.2. The predicted octanol–water partition coefficient (Wildman–Crippen LogP) is 1.63. The maximum absolute atomic E-state index is 14.9.